The van der Waals surface area contributed by atoms with E-state index in [-0.39, 0.29) is 17.5 Å². The average Bonchev–Trinajstić information content (AvgIpc) is 3.11. The minimum absolute atomic E-state index is 0.0294. The van der Waals surface area contributed by atoms with Crippen LogP contribution in [0.25, 0.3) is 0 Å². The molecule has 3 nitrogen and oxygen atoms in total. The topological polar surface area (TPSA) is 35.5 Å². The van der Waals surface area contributed by atoms with Crippen molar-refractivity contribution in [2.24, 2.45) is 17.3 Å². The Morgan fingerprint density at radius 3 is 2.52 bits per heavy atom. The molecule has 2 rings (SSSR count). The Kier molecular flexibility index (Phi) is 6.09. The average molecular weight is 296 g/mol. The Morgan fingerprint density at radius 1 is 1.19 bits per heavy atom. The fraction of sp³-hybridized carbons (Fsp3) is 0.944. The minimum atomic E-state index is -0.347. The maximum atomic E-state index is 12.9. The molecule has 0 aliphatic heterocycles. The summed E-state index contributed by atoms with van der Waals surface area (Å²) < 4.78 is 11.8. The van der Waals surface area contributed by atoms with Gasteiger partial charge in [-0.15, -0.1) is 0 Å². The van der Waals surface area contributed by atoms with Crippen molar-refractivity contribution < 1.29 is 14.3 Å². The van der Waals surface area contributed by atoms with E-state index in [0.29, 0.717) is 18.4 Å². The monoisotopic (exact) mass is 296 g/mol. The highest BCUT2D eigenvalue weighted by molar-refractivity contribution is 5.78. The summed E-state index contributed by atoms with van der Waals surface area (Å²) >= 11 is 0. The molecule has 0 aromatic carbocycles. The fourth-order valence-electron chi connectivity index (χ4n) is 4.18. The molecule has 3 heteroatoms. The first-order chi connectivity index (χ1) is 10.1. The molecule has 2 fully saturated rings. The van der Waals surface area contributed by atoms with Crippen molar-refractivity contribution in [3.05, 3.63) is 0 Å². The molecule has 0 amide bonds. The van der Waals surface area contributed by atoms with E-state index in [1.807, 2.05) is 0 Å². The van der Waals surface area contributed by atoms with Gasteiger partial charge in [-0.2, -0.15) is 0 Å². The lowest BCUT2D eigenvalue weighted by molar-refractivity contribution is -0.171. The summed E-state index contributed by atoms with van der Waals surface area (Å²) in [5, 5.41) is 0. The molecule has 0 saturated heterocycles. The molecule has 0 aromatic heterocycles. The normalized spacial score (nSPS) is 30.2. The van der Waals surface area contributed by atoms with E-state index in [0.717, 1.165) is 32.3 Å². The van der Waals surface area contributed by atoms with Crippen molar-refractivity contribution >= 4 is 5.97 Å². The van der Waals surface area contributed by atoms with Gasteiger partial charge in [-0.25, -0.2) is 0 Å². The number of ether oxygens (including phenoxy) is 2. The Labute approximate surface area is 129 Å². The summed E-state index contributed by atoms with van der Waals surface area (Å²) in [6.07, 6.45) is 9.02. The molecule has 0 bridgehead atoms. The largest absolute Gasteiger partial charge is 0.465 e. The summed E-state index contributed by atoms with van der Waals surface area (Å²) in [5.74, 6) is 0.897. The summed E-state index contributed by atoms with van der Waals surface area (Å²) in [5.41, 5.74) is -0.347. The number of rotatable bonds is 7. The van der Waals surface area contributed by atoms with E-state index in [4.69, 9.17) is 9.47 Å². The summed E-state index contributed by atoms with van der Waals surface area (Å²) in [6.45, 7) is 7.61. The highest BCUT2D eigenvalue weighted by Crippen LogP contribution is 2.52. The molecule has 122 valence electrons. The third-order valence-corrected chi connectivity index (χ3v) is 5.17. The lowest BCUT2D eigenvalue weighted by Crippen LogP contribution is -2.46. The van der Waals surface area contributed by atoms with Gasteiger partial charge in [0.1, 0.15) is 0 Å². The van der Waals surface area contributed by atoms with Crippen LogP contribution in [0.2, 0.25) is 0 Å². The summed E-state index contributed by atoms with van der Waals surface area (Å²) in [4.78, 5) is 12.9. The van der Waals surface area contributed by atoms with E-state index in [2.05, 4.69) is 20.8 Å². The van der Waals surface area contributed by atoms with E-state index in [9.17, 15) is 4.79 Å². The van der Waals surface area contributed by atoms with Crippen molar-refractivity contribution in [2.45, 2.75) is 78.2 Å². The zero-order valence-corrected chi connectivity index (χ0v) is 14.0. The Bertz CT molecular complexity index is 333. The highest BCUT2D eigenvalue weighted by atomic mass is 16.5. The molecule has 2 atom stereocenters. The van der Waals surface area contributed by atoms with Crippen molar-refractivity contribution in [2.75, 3.05) is 13.2 Å². The predicted octanol–water partition coefficient (Wildman–Crippen LogP) is 4.34. The Balaban J connectivity index is 2.14. The molecule has 2 aliphatic carbocycles. The summed E-state index contributed by atoms with van der Waals surface area (Å²) in [6, 6.07) is 0. The quantitative estimate of drug-likeness (QED) is 0.656. The van der Waals surface area contributed by atoms with Crippen LogP contribution in [-0.2, 0) is 14.3 Å². The lowest BCUT2D eigenvalue weighted by atomic mass is 9.71. The van der Waals surface area contributed by atoms with Crippen LogP contribution in [-0.4, -0.2) is 25.3 Å². The fourth-order valence-corrected chi connectivity index (χ4v) is 4.18. The van der Waals surface area contributed by atoms with Crippen LogP contribution in [0.1, 0.15) is 72.1 Å². The van der Waals surface area contributed by atoms with Crippen LogP contribution in [0.3, 0.4) is 0 Å². The Hall–Kier alpha value is -0.570. The second-order valence-electron chi connectivity index (χ2n) is 7.27. The number of carbonyl (C=O) groups excluding carboxylic acids is 1. The first-order valence-electron chi connectivity index (χ1n) is 8.90. The number of esters is 1. The van der Waals surface area contributed by atoms with Crippen LogP contribution in [0.15, 0.2) is 0 Å². The zero-order chi connectivity index (χ0) is 15.3. The van der Waals surface area contributed by atoms with Gasteiger partial charge >= 0.3 is 5.97 Å². The van der Waals surface area contributed by atoms with E-state index < -0.39 is 0 Å². The molecular formula is C18H32O3. The number of hydrogen-bond acceptors (Lipinski definition) is 3. The van der Waals surface area contributed by atoms with Crippen molar-refractivity contribution in [3.8, 4) is 0 Å². The second kappa shape index (κ2) is 7.62. The molecule has 2 saturated carbocycles. The third-order valence-electron chi connectivity index (χ3n) is 5.17. The molecule has 0 heterocycles. The molecule has 2 unspecified atom stereocenters. The first-order valence-corrected chi connectivity index (χ1v) is 8.90. The Morgan fingerprint density at radius 2 is 1.90 bits per heavy atom. The summed E-state index contributed by atoms with van der Waals surface area (Å²) in [7, 11) is 0. The maximum absolute atomic E-state index is 12.9. The molecular weight excluding hydrogens is 264 g/mol. The van der Waals surface area contributed by atoms with Gasteiger partial charge in [0.05, 0.1) is 18.1 Å². The second-order valence-corrected chi connectivity index (χ2v) is 7.27. The van der Waals surface area contributed by atoms with E-state index in [1.54, 1.807) is 0 Å². The van der Waals surface area contributed by atoms with Gasteiger partial charge in [-0.3, -0.25) is 4.79 Å². The van der Waals surface area contributed by atoms with Crippen molar-refractivity contribution in [3.63, 3.8) is 0 Å². The van der Waals surface area contributed by atoms with Crippen LogP contribution in [0, 0.1) is 17.3 Å². The molecule has 0 radical (unpaired) electrons. The third kappa shape index (κ3) is 3.61. The van der Waals surface area contributed by atoms with Crippen molar-refractivity contribution in [1.29, 1.82) is 0 Å². The van der Waals surface area contributed by atoms with Gasteiger partial charge < -0.3 is 9.47 Å². The zero-order valence-electron chi connectivity index (χ0n) is 14.0. The van der Waals surface area contributed by atoms with Crippen LogP contribution < -0.4 is 0 Å². The van der Waals surface area contributed by atoms with Gasteiger partial charge in [-0.05, 0) is 50.4 Å². The molecule has 0 aromatic rings. The smallest absolute Gasteiger partial charge is 0.315 e. The number of carbonyl (C=O) groups is 1. The molecule has 2 aliphatic rings. The van der Waals surface area contributed by atoms with Crippen LogP contribution in [0.4, 0.5) is 0 Å². The molecule has 0 spiro atoms. The standard InChI is InChI=1S/C18H32O3/c1-4-12-20-16-10-7-11-18(16,15-8-5-6-9-15)17(19)21-13-14(2)3/h14-16H,4-13H2,1-3H3. The van der Waals surface area contributed by atoms with Gasteiger partial charge in [0.2, 0.25) is 0 Å². The van der Waals surface area contributed by atoms with E-state index in [1.165, 1.54) is 25.7 Å². The van der Waals surface area contributed by atoms with Gasteiger partial charge in [0, 0.05) is 6.61 Å². The maximum Gasteiger partial charge on any atom is 0.315 e. The van der Waals surface area contributed by atoms with Gasteiger partial charge in [0.15, 0.2) is 0 Å². The SMILES string of the molecule is CCCOC1CCCC1(C(=O)OCC(C)C)C1CCCC1. The predicted molar refractivity (Wildman–Crippen MR) is 84.1 cm³/mol. The lowest BCUT2D eigenvalue weighted by Gasteiger charge is -2.38. The van der Waals surface area contributed by atoms with Crippen LogP contribution in [0.5, 0.6) is 0 Å². The minimum Gasteiger partial charge on any atom is -0.465 e. The highest BCUT2D eigenvalue weighted by Gasteiger charge is 2.56. The van der Waals surface area contributed by atoms with Gasteiger partial charge in [-0.1, -0.05) is 33.6 Å². The molecule has 0 N–H and O–H groups in total. The van der Waals surface area contributed by atoms with Crippen LogP contribution >= 0.6 is 0 Å². The van der Waals surface area contributed by atoms with E-state index >= 15 is 0 Å². The van der Waals surface area contributed by atoms with Crippen molar-refractivity contribution in [1.82, 2.24) is 0 Å². The number of hydrogen-bond donors (Lipinski definition) is 0. The first kappa shape index (κ1) is 16.8. The molecule has 21 heavy (non-hydrogen) atoms. The van der Waals surface area contributed by atoms with Gasteiger partial charge in [0.25, 0.3) is 0 Å².